The van der Waals surface area contributed by atoms with Gasteiger partial charge in [0.2, 0.25) is 15.9 Å². The first-order valence-corrected chi connectivity index (χ1v) is 7.00. The summed E-state index contributed by atoms with van der Waals surface area (Å²) < 4.78 is 22.1. The molecular weight excluding hydrogens is 272 g/mol. The Hall–Kier alpha value is -1.93. The molecule has 1 amide bonds. The molecule has 2 rings (SSSR count). The summed E-state index contributed by atoms with van der Waals surface area (Å²) in [6, 6.07) is 5.34. The van der Waals surface area contributed by atoms with Crippen LogP contribution in [0.5, 0.6) is 0 Å². The van der Waals surface area contributed by atoms with Crippen molar-refractivity contribution in [2.24, 2.45) is 17.0 Å². The van der Waals surface area contributed by atoms with E-state index in [-0.39, 0.29) is 10.8 Å². The van der Waals surface area contributed by atoms with Crippen molar-refractivity contribution in [3.8, 4) is 0 Å². The zero-order chi connectivity index (χ0) is 14.2. The smallest absolute Gasteiger partial charge is 0.307 e. The molecule has 1 aromatic rings. The first kappa shape index (κ1) is 13.5. The van der Waals surface area contributed by atoms with E-state index in [1.54, 1.807) is 0 Å². The van der Waals surface area contributed by atoms with Crippen LogP contribution < -0.4 is 10.5 Å². The van der Waals surface area contributed by atoms with Crippen LogP contribution in [0.2, 0.25) is 0 Å². The number of hydrogen-bond donors (Lipinski definition) is 3. The Kier molecular flexibility index (Phi) is 3.29. The molecule has 2 atom stereocenters. The Balaban J connectivity index is 2.01. The molecule has 0 heterocycles. The number of benzene rings is 1. The summed E-state index contributed by atoms with van der Waals surface area (Å²) in [6.45, 7) is 0. The first-order valence-electron chi connectivity index (χ1n) is 5.45. The molecule has 1 fully saturated rings. The predicted molar refractivity (Wildman–Crippen MR) is 65.7 cm³/mol. The second-order valence-electron chi connectivity index (χ2n) is 4.35. The quantitative estimate of drug-likeness (QED) is 0.717. The highest BCUT2D eigenvalue weighted by atomic mass is 32.2. The number of nitrogens with one attached hydrogen (secondary N) is 1. The molecule has 0 aromatic heterocycles. The molecule has 19 heavy (non-hydrogen) atoms. The van der Waals surface area contributed by atoms with Gasteiger partial charge in [-0.05, 0) is 30.7 Å². The third-order valence-electron chi connectivity index (χ3n) is 2.89. The molecule has 0 bridgehead atoms. The number of rotatable bonds is 4. The van der Waals surface area contributed by atoms with Gasteiger partial charge in [-0.3, -0.25) is 9.59 Å². The fourth-order valence-electron chi connectivity index (χ4n) is 1.72. The molecule has 0 radical (unpaired) electrons. The van der Waals surface area contributed by atoms with E-state index in [4.69, 9.17) is 10.2 Å². The normalized spacial score (nSPS) is 21.7. The maximum atomic E-state index is 11.7. The molecule has 8 heteroatoms. The van der Waals surface area contributed by atoms with Gasteiger partial charge in [-0.1, -0.05) is 0 Å². The minimum atomic E-state index is -3.76. The number of aliphatic carboxylic acids is 1. The van der Waals surface area contributed by atoms with Crippen molar-refractivity contribution in [3.05, 3.63) is 24.3 Å². The number of carbonyl (C=O) groups is 2. The minimum absolute atomic E-state index is 0.0552. The highest BCUT2D eigenvalue weighted by Crippen LogP contribution is 2.39. The van der Waals surface area contributed by atoms with Gasteiger partial charge in [-0.25, -0.2) is 13.6 Å². The molecule has 0 aliphatic heterocycles. The summed E-state index contributed by atoms with van der Waals surface area (Å²) in [5, 5.41) is 16.2. The van der Waals surface area contributed by atoms with Crippen molar-refractivity contribution < 1.29 is 23.1 Å². The third kappa shape index (κ3) is 3.09. The lowest BCUT2D eigenvalue weighted by atomic mass is 10.2. The largest absolute Gasteiger partial charge is 0.481 e. The number of carbonyl (C=O) groups excluding carboxylic acids is 1. The Labute approximate surface area is 109 Å². The van der Waals surface area contributed by atoms with Crippen LogP contribution in [0, 0.1) is 11.8 Å². The van der Waals surface area contributed by atoms with E-state index in [1.165, 1.54) is 24.3 Å². The maximum absolute atomic E-state index is 11.7. The SMILES string of the molecule is NS(=O)(=O)c1ccc(NC(=O)[C@@H]2C[C@@H]2C(=O)O)cc1. The van der Waals surface area contributed by atoms with Crippen LogP contribution in [0.1, 0.15) is 6.42 Å². The fraction of sp³-hybridized carbons (Fsp3) is 0.273. The highest BCUT2D eigenvalue weighted by Gasteiger charge is 2.48. The van der Waals surface area contributed by atoms with Crippen LogP contribution >= 0.6 is 0 Å². The van der Waals surface area contributed by atoms with E-state index in [2.05, 4.69) is 5.32 Å². The highest BCUT2D eigenvalue weighted by molar-refractivity contribution is 7.89. The number of nitrogens with two attached hydrogens (primary N) is 1. The number of carboxylic acids is 1. The van der Waals surface area contributed by atoms with Gasteiger partial charge in [0.1, 0.15) is 0 Å². The van der Waals surface area contributed by atoms with Crippen molar-refractivity contribution in [3.63, 3.8) is 0 Å². The fourth-order valence-corrected chi connectivity index (χ4v) is 2.24. The average molecular weight is 284 g/mol. The number of sulfonamides is 1. The Morgan fingerprint density at radius 3 is 2.21 bits per heavy atom. The molecule has 0 saturated heterocycles. The van der Waals surface area contributed by atoms with E-state index in [1.807, 2.05) is 0 Å². The van der Waals surface area contributed by atoms with Crippen LogP contribution in [0.4, 0.5) is 5.69 Å². The van der Waals surface area contributed by atoms with Crippen molar-refractivity contribution in [1.29, 1.82) is 0 Å². The average Bonchev–Trinajstić information content (AvgIpc) is 3.08. The molecule has 1 aliphatic carbocycles. The van der Waals surface area contributed by atoms with Gasteiger partial charge in [-0.2, -0.15) is 0 Å². The summed E-state index contributed by atoms with van der Waals surface area (Å²) in [7, 11) is -3.76. The molecule has 1 saturated carbocycles. The topological polar surface area (TPSA) is 127 Å². The predicted octanol–water partition coefficient (Wildman–Crippen LogP) is -0.00680. The van der Waals surface area contributed by atoms with E-state index in [0.717, 1.165) is 0 Å². The second-order valence-corrected chi connectivity index (χ2v) is 5.91. The van der Waals surface area contributed by atoms with Gasteiger partial charge < -0.3 is 10.4 Å². The molecule has 4 N–H and O–H groups in total. The molecule has 0 unspecified atom stereocenters. The van der Waals surface area contributed by atoms with Gasteiger partial charge >= 0.3 is 5.97 Å². The van der Waals surface area contributed by atoms with Gasteiger partial charge in [0, 0.05) is 5.69 Å². The van der Waals surface area contributed by atoms with Gasteiger partial charge in [-0.15, -0.1) is 0 Å². The lowest BCUT2D eigenvalue weighted by Crippen LogP contribution is -2.17. The number of primary sulfonamides is 1. The molecule has 1 aliphatic rings. The standard InChI is InChI=1S/C11H12N2O5S/c12-19(17,18)7-3-1-6(2-4-7)13-10(14)8-5-9(8)11(15)16/h1-4,8-9H,5H2,(H,13,14)(H,15,16)(H2,12,17,18)/t8-,9+/m1/s1. The van der Waals surface area contributed by atoms with Gasteiger partial charge in [0.15, 0.2) is 0 Å². The zero-order valence-corrected chi connectivity index (χ0v) is 10.6. The lowest BCUT2D eigenvalue weighted by molar-refractivity contribution is -0.139. The first-order chi connectivity index (χ1) is 8.79. The maximum Gasteiger partial charge on any atom is 0.307 e. The molecule has 0 spiro atoms. The molecule has 7 nitrogen and oxygen atoms in total. The number of amides is 1. The van der Waals surface area contributed by atoms with E-state index < -0.39 is 27.8 Å². The van der Waals surface area contributed by atoms with Crippen molar-refractivity contribution in [1.82, 2.24) is 0 Å². The summed E-state index contributed by atoms with van der Waals surface area (Å²) in [4.78, 5) is 22.2. The summed E-state index contributed by atoms with van der Waals surface area (Å²) in [5.74, 6) is -2.50. The monoisotopic (exact) mass is 284 g/mol. The van der Waals surface area contributed by atoms with Crippen LogP contribution in [0.3, 0.4) is 0 Å². The van der Waals surface area contributed by atoms with E-state index >= 15 is 0 Å². The number of hydrogen-bond acceptors (Lipinski definition) is 4. The lowest BCUT2D eigenvalue weighted by Gasteiger charge is -2.05. The van der Waals surface area contributed by atoms with Crippen molar-refractivity contribution in [2.45, 2.75) is 11.3 Å². The number of carboxylic acid groups (broad SMARTS) is 1. The van der Waals surface area contributed by atoms with Gasteiger partial charge in [0.25, 0.3) is 0 Å². The minimum Gasteiger partial charge on any atom is -0.481 e. The van der Waals surface area contributed by atoms with Crippen LogP contribution in [0.15, 0.2) is 29.2 Å². The zero-order valence-electron chi connectivity index (χ0n) is 9.74. The van der Waals surface area contributed by atoms with Crippen LogP contribution in [-0.4, -0.2) is 25.4 Å². The Bertz CT molecular complexity index is 623. The van der Waals surface area contributed by atoms with Gasteiger partial charge in [0.05, 0.1) is 16.7 Å². The molecule has 1 aromatic carbocycles. The third-order valence-corrected chi connectivity index (χ3v) is 3.82. The van der Waals surface area contributed by atoms with Crippen molar-refractivity contribution >= 4 is 27.6 Å². The van der Waals surface area contributed by atoms with Crippen molar-refractivity contribution in [2.75, 3.05) is 5.32 Å². The van der Waals surface area contributed by atoms with Crippen LogP contribution in [0.25, 0.3) is 0 Å². The van der Waals surface area contributed by atoms with E-state index in [0.29, 0.717) is 12.1 Å². The molecular formula is C11H12N2O5S. The summed E-state index contributed by atoms with van der Waals surface area (Å²) >= 11 is 0. The Morgan fingerprint density at radius 2 is 1.79 bits per heavy atom. The number of anilines is 1. The van der Waals surface area contributed by atoms with Crippen LogP contribution in [-0.2, 0) is 19.6 Å². The second kappa shape index (κ2) is 4.63. The molecule has 102 valence electrons. The van der Waals surface area contributed by atoms with E-state index in [9.17, 15) is 18.0 Å². The Morgan fingerprint density at radius 1 is 1.21 bits per heavy atom. The summed E-state index contributed by atoms with van der Waals surface area (Å²) in [6.07, 6.45) is 0.330. The summed E-state index contributed by atoms with van der Waals surface area (Å²) in [5.41, 5.74) is 0.397.